The van der Waals surface area contributed by atoms with Crippen molar-refractivity contribution in [3.63, 3.8) is 0 Å². The lowest BCUT2D eigenvalue weighted by Crippen LogP contribution is -2.22. The van der Waals surface area contributed by atoms with Crippen LogP contribution in [0.25, 0.3) is 0 Å². The van der Waals surface area contributed by atoms with E-state index in [1.807, 2.05) is 13.8 Å². The molecule has 0 bridgehead atoms. The average Bonchev–Trinajstić information content (AvgIpc) is 1.97. The monoisotopic (exact) mass is 170 g/mol. The molecule has 0 radical (unpaired) electrons. The summed E-state index contributed by atoms with van der Waals surface area (Å²) in [5.74, 6) is -0.00739. The van der Waals surface area contributed by atoms with Gasteiger partial charge in [0, 0.05) is 12.6 Å². The zero-order chi connectivity index (χ0) is 9.40. The first-order chi connectivity index (χ1) is 5.66. The van der Waals surface area contributed by atoms with Gasteiger partial charge in [0.15, 0.2) is 0 Å². The molecule has 70 valence electrons. The Kier molecular flexibility index (Phi) is 6.38. The van der Waals surface area contributed by atoms with E-state index in [1.165, 1.54) is 0 Å². The fraction of sp³-hybridized carbons (Fsp3) is 0.667. The predicted molar refractivity (Wildman–Crippen MR) is 50.7 cm³/mol. The molecule has 0 unspecified atom stereocenters. The molecule has 3 heteroatoms. The minimum Gasteiger partial charge on any atom is -0.353 e. The molecule has 0 aliphatic carbocycles. The molecular weight excluding hydrogens is 152 g/mol. The maximum atomic E-state index is 11.0. The molecule has 0 aliphatic rings. The van der Waals surface area contributed by atoms with E-state index in [9.17, 15) is 4.79 Å². The second-order valence-electron chi connectivity index (χ2n) is 3.01. The fourth-order valence-corrected chi connectivity index (χ4v) is 0.794. The lowest BCUT2D eigenvalue weighted by molar-refractivity contribution is -0.116. The van der Waals surface area contributed by atoms with Gasteiger partial charge in [-0.1, -0.05) is 5.57 Å². The first-order valence-electron chi connectivity index (χ1n) is 4.29. The molecule has 0 rings (SSSR count). The number of hydrogen-bond donors (Lipinski definition) is 2. The highest BCUT2D eigenvalue weighted by Crippen LogP contribution is 1.88. The van der Waals surface area contributed by atoms with Crippen LogP contribution in [0.3, 0.4) is 0 Å². The molecule has 3 nitrogen and oxygen atoms in total. The standard InChI is InChI=1S/C9H18N2O/c1-8(2)7-9(12)11-6-4-3-5-10/h7H,3-6,10H2,1-2H3,(H,11,12). The second kappa shape index (κ2) is 6.85. The van der Waals surface area contributed by atoms with Crippen molar-refractivity contribution in [3.8, 4) is 0 Å². The summed E-state index contributed by atoms with van der Waals surface area (Å²) in [4.78, 5) is 11.0. The van der Waals surface area contributed by atoms with Crippen LogP contribution in [0.4, 0.5) is 0 Å². The van der Waals surface area contributed by atoms with Gasteiger partial charge in [0.2, 0.25) is 5.91 Å². The third-order valence-electron chi connectivity index (χ3n) is 1.35. The normalized spacial score (nSPS) is 9.25. The van der Waals surface area contributed by atoms with E-state index in [0.29, 0.717) is 6.54 Å². The molecular formula is C9H18N2O. The number of rotatable bonds is 5. The molecule has 0 aromatic heterocycles. The van der Waals surface area contributed by atoms with Gasteiger partial charge in [0.25, 0.3) is 0 Å². The Morgan fingerprint density at radius 2 is 2.08 bits per heavy atom. The Bertz CT molecular complexity index is 160. The number of nitrogens with two attached hydrogens (primary N) is 1. The van der Waals surface area contributed by atoms with E-state index >= 15 is 0 Å². The zero-order valence-electron chi connectivity index (χ0n) is 7.89. The van der Waals surface area contributed by atoms with Crippen molar-refractivity contribution in [2.24, 2.45) is 5.73 Å². The number of nitrogens with one attached hydrogen (secondary N) is 1. The molecule has 0 spiro atoms. The van der Waals surface area contributed by atoms with E-state index in [0.717, 1.165) is 25.0 Å². The van der Waals surface area contributed by atoms with E-state index in [2.05, 4.69) is 5.32 Å². The summed E-state index contributed by atoms with van der Waals surface area (Å²) in [6, 6.07) is 0. The Balaban J connectivity index is 3.39. The highest BCUT2D eigenvalue weighted by molar-refractivity contribution is 5.87. The SMILES string of the molecule is CC(C)=CC(=O)NCCCCN. The first-order valence-corrected chi connectivity index (χ1v) is 4.29. The average molecular weight is 170 g/mol. The maximum Gasteiger partial charge on any atom is 0.243 e. The van der Waals surface area contributed by atoms with Gasteiger partial charge < -0.3 is 11.1 Å². The van der Waals surface area contributed by atoms with E-state index in [-0.39, 0.29) is 5.91 Å². The Labute approximate surface area is 74.0 Å². The fourth-order valence-electron chi connectivity index (χ4n) is 0.794. The largest absolute Gasteiger partial charge is 0.353 e. The molecule has 12 heavy (non-hydrogen) atoms. The van der Waals surface area contributed by atoms with Crippen molar-refractivity contribution in [2.45, 2.75) is 26.7 Å². The van der Waals surface area contributed by atoms with Gasteiger partial charge >= 0.3 is 0 Å². The lowest BCUT2D eigenvalue weighted by atomic mass is 10.3. The van der Waals surface area contributed by atoms with Crippen molar-refractivity contribution in [3.05, 3.63) is 11.6 Å². The van der Waals surface area contributed by atoms with Crippen LogP contribution in [-0.4, -0.2) is 19.0 Å². The van der Waals surface area contributed by atoms with Gasteiger partial charge in [-0.25, -0.2) is 0 Å². The van der Waals surface area contributed by atoms with Crippen LogP contribution in [0.2, 0.25) is 0 Å². The third-order valence-corrected chi connectivity index (χ3v) is 1.35. The van der Waals surface area contributed by atoms with Gasteiger partial charge in [-0.2, -0.15) is 0 Å². The number of hydrogen-bond acceptors (Lipinski definition) is 2. The van der Waals surface area contributed by atoms with E-state index in [1.54, 1.807) is 6.08 Å². The predicted octanol–water partition coefficient (Wildman–Crippen LogP) is 0.808. The van der Waals surface area contributed by atoms with Crippen LogP contribution < -0.4 is 11.1 Å². The molecule has 0 fully saturated rings. The van der Waals surface area contributed by atoms with Crippen molar-refractivity contribution < 1.29 is 4.79 Å². The molecule has 0 aliphatic heterocycles. The topological polar surface area (TPSA) is 55.1 Å². The minimum absolute atomic E-state index is 0.00739. The molecule has 0 atom stereocenters. The smallest absolute Gasteiger partial charge is 0.243 e. The van der Waals surface area contributed by atoms with Gasteiger partial charge in [-0.3, -0.25) is 4.79 Å². The van der Waals surface area contributed by atoms with Gasteiger partial charge in [-0.05, 0) is 33.2 Å². The van der Waals surface area contributed by atoms with Gasteiger partial charge in [0.05, 0.1) is 0 Å². The van der Waals surface area contributed by atoms with Crippen LogP contribution >= 0.6 is 0 Å². The number of carbonyl (C=O) groups is 1. The van der Waals surface area contributed by atoms with Crippen LogP contribution in [0.1, 0.15) is 26.7 Å². The van der Waals surface area contributed by atoms with Crippen LogP contribution in [0, 0.1) is 0 Å². The highest BCUT2D eigenvalue weighted by Gasteiger charge is 1.93. The summed E-state index contributed by atoms with van der Waals surface area (Å²) in [6.45, 7) is 5.22. The number of amides is 1. The molecule has 3 N–H and O–H groups in total. The van der Waals surface area contributed by atoms with Crippen LogP contribution in [-0.2, 0) is 4.79 Å². The maximum absolute atomic E-state index is 11.0. The van der Waals surface area contributed by atoms with Gasteiger partial charge in [-0.15, -0.1) is 0 Å². The molecule has 0 saturated heterocycles. The van der Waals surface area contributed by atoms with Crippen molar-refractivity contribution >= 4 is 5.91 Å². The molecule has 0 heterocycles. The first kappa shape index (κ1) is 11.2. The quantitative estimate of drug-likeness (QED) is 0.474. The van der Waals surface area contributed by atoms with Crippen LogP contribution in [0.5, 0.6) is 0 Å². The summed E-state index contributed by atoms with van der Waals surface area (Å²) in [5, 5.41) is 2.78. The van der Waals surface area contributed by atoms with Gasteiger partial charge in [0.1, 0.15) is 0 Å². The third kappa shape index (κ3) is 7.28. The Hall–Kier alpha value is -0.830. The number of unbranched alkanes of at least 4 members (excludes halogenated alkanes) is 1. The van der Waals surface area contributed by atoms with Crippen LogP contribution in [0.15, 0.2) is 11.6 Å². The number of carbonyl (C=O) groups excluding carboxylic acids is 1. The van der Waals surface area contributed by atoms with E-state index < -0.39 is 0 Å². The van der Waals surface area contributed by atoms with Crippen molar-refractivity contribution in [1.29, 1.82) is 0 Å². The summed E-state index contributed by atoms with van der Waals surface area (Å²) in [7, 11) is 0. The zero-order valence-corrected chi connectivity index (χ0v) is 7.89. The summed E-state index contributed by atoms with van der Waals surface area (Å²) < 4.78 is 0. The lowest BCUT2D eigenvalue weighted by Gasteiger charge is -2.00. The van der Waals surface area contributed by atoms with Crippen molar-refractivity contribution in [1.82, 2.24) is 5.32 Å². The second-order valence-corrected chi connectivity index (χ2v) is 3.01. The van der Waals surface area contributed by atoms with Crippen molar-refractivity contribution in [2.75, 3.05) is 13.1 Å². The molecule has 0 saturated carbocycles. The minimum atomic E-state index is -0.00739. The Morgan fingerprint density at radius 3 is 2.58 bits per heavy atom. The molecule has 0 aromatic rings. The highest BCUT2D eigenvalue weighted by atomic mass is 16.1. The summed E-state index contributed by atoms with van der Waals surface area (Å²) >= 11 is 0. The Morgan fingerprint density at radius 1 is 1.42 bits per heavy atom. The summed E-state index contributed by atoms with van der Waals surface area (Å²) in [5.41, 5.74) is 6.32. The number of allylic oxidation sites excluding steroid dienone is 1. The van der Waals surface area contributed by atoms with E-state index in [4.69, 9.17) is 5.73 Å². The molecule has 0 aromatic carbocycles. The molecule has 1 amide bonds. The summed E-state index contributed by atoms with van der Waals surface area (Å²) in [6.07, 6.45) is 3.52.